The van der Waals surface area contributed by atoms with Crippen molar-refractivity contribution in [3.05, 3.63) is 35.5 Å². The molecular formula is C22H31N5O5. The fourth-order valence-corrected chi connectivity index (χ4v) is 3.66. The molecule has 0 spiro atoms. The molecule has 2 heterocycles. The first kappa shape index (κ1) is 23.6. The standard InChI is InChI=1S/C22H31N5O5/c1-5-32-22(29)17-13-23-25(2)21(17)24-20(28)15-27-10-8-26(9-11-27)14-16-6-7-18(30-3)19(12-16)31-4/h6-7,12-13H,5,8-11,14-15H2,1-4H3,(H,24,28). The molecule has 1 aliphatic heterocycles. The summed E-state index contributed by atoms with van der Waals surface area (Å²) in [6.45, 7) is 6.29. The summed E-state index contributed by atoms with van der Waals surface area (Å²) in [5.41, 5.74) is 1.40. The molecule has 1 fully saturated rings. The minimum atomic E-state index is -0.500. The lowest BCUT2D eigenvalue weighted by atomic mass is 10.1. The van der Waals surface area contributed by atoms with Gasteiger partial charge in [0.05, 0.1) is 33.6 Å². The van der Waals surface area contributed by atoms with Gasteiger partial charge in [-0.1, -0.05) is 6.07 Å². The van der Waals surface area contributed by atoms with Gasteiger partial charge in [0.2, 0.25) is 5.91 Å². The Morgan fingerprint density at radius 2 is 1.75 bits per heavy atom. The van der Waals surface area contributed by atoms with Crippen LogP contribution in [0.5, 0.6) is 11.5 Å². The second kappa shape index (κ2) is 11.0. The van der Waals surface area contributed by atoms with Crippen LogP contribution in [0, 0.1) is 0 Å². The van der Waals surface area contributed by atoms with Crippen LogP contribution in [0.25, 0.3) is 0 Å². The number of methoxy groups -OCH3 is 2. The molecule has 174 valence electrons. The number of ether oxygens (including phenoxy) is 3. The van der Waals surface area contributed by atoms with Crippen LogP contribution >= 0.6 is 0 Å². The van der Waals surface area contributed by atoms with E-state index in [-0.39, 0.29) is 24.6 Å². The highest BCUT2D eigenvalue weighted by atomic mass is 16.5. The molecule has 0 unspecified atom stereocenters. The molecule has 1 N–H and O–H groups in total. The molecule has 0 aliphatic carbocycles. The summed E-state index contributed by atoms with van der Waals surface area (Å²) in [4.78, 5) is 29.1. The van der Waals surface area contributed by atoms with Gasteiger partial charge in [0.1, 0.15) is 11.4 Å². The molecule has 10 heteroatoms. The number of esters is 1. The van der Waals surface area contributed by atoms with Gasteiger partial charge in [-0.2, -0.15) is 5.10 Å². The maximum Gasteiger partial charge on any atom is 0.343 e. The van der Waals surface area contributed by atoms with Crippen LogP contribution in [0.15, 0.2) is 24.4 Å². The Morgan fingerprint density at radius 1 is 1.06 bits per heavy atom. The Labute approximate surface area is 188 Å². The Kier molecular flexibility index (Phi) is 8.07. The summed E-state index contributed by atoms with van der Waals surface area (Å²) in [6, 6.07) is 5.95. The molecule has 3 rings (SSSR count). The molecule has 0 atom stereocenters. The van der Waals surface area contributed by atoms with Gasteiger partial charge in [-0.25, -0.2) is 4.79 Å². The van der Waals surface area contributed by atoms with Crippen LogP contribution in [-0.2, 0) is 23.1 Å². The molecule has 2 aromatic rings. The zero-order valence-corrected chi connectivity index (χ0v) is 19.1. The number of rotatable bonds is 9. The van der Waals surface area contributed by atoms with Crippen molar-refractivity contribution >= 4 is 17.7 Å². The lowest BCUT2D eigenvalue weighted by Crippen LogP contribution is -2.48. The average Bonchev–Trinajstić information content (AvgIpc) is 3.15. The van der Waals surface area contributed by atoms with E-state index in [1.165, 1.54) is 10.9 Å². The molecule has 0 bridgehead atoms. The predicted octanol–water partition coefficient (Wildman–Crippen LogP) is 1.37. The van der Waals surface area contributed by atoms with Gasteiger partial charge in [0, 0.05) is 39.8 Å². The molecular weight excluding hydrogens is 414 g/mol. The smallest absolute Gasteiger partial charge is 0.343 e. The van der Waals surface area contributed by atoms with E-state index in [0.29, 0.717) is 11.6 Å². The number of aryl methyl sites for hydroxylation is 1. The van der Waals surface area contributed by atoms with E-state index >= 15 is 0 Å². The van der Waals surface area contributed by atoms with Crippen LogP contribution < -0.4 is 14.8 Å². The Balaban J connectivity index is 1.50. The van der Waals surface area contributed by atoms with Gasteiger partial charge in [-0.15, -0.1) is 0 Å². The highest BCUT2D eigenvalue weighted by Crippen LogP contribution is 2.28. The van der Waals surface area contributed by atoms with E-state index in [0.717, 1.165) is 44.0 Å². The summed E-state index contributed by atoms with van der Waals surface area (Å²) in [6.07, 6.45) is 1.40. The number of nitrogens with zero attached hydrogens (tertiary/aromatic N) is 4. The van der Waals surface area contributed by atoms with Gasteiger partial charge in [-0.05, 0) is 24.6 Å². The number of hydrogen-bond donors (Lipinski definition) is 1. The van der Waals surface area contributed by atoms with Gasteiger partial charge in [0.25, 0.3) is 0 Å². The SMILES string of the molecule is CCOC(=O)c1cnn(C)c1NC(=O)CN1CCN(Cc2ccc(OC)c(OC)c2)CC1. The maximum atomic E-state index is 12.6. The topological polar surface area (TPSA) is 98.2 Å². The van der Waals surface area contributed by atoms with Crippen molar-refractivity contribution < 1.29 is 23.8 Å². The van der Waals surface area contributed by atoms with Crippen molar-refractivity contribution in [2.75, 3.05) is 58.9 Å². The number of amides is 1. The van der Waals surface area contributed by atoms with Gasteiger partial charge < -0.3 is 19.5 Å². The molecule has 1 aromatic carbocycles. The van der Waals surface area contributed by atoms with Crippen LogP contribution in [0.4, 0.5) is 5.82 Å². The van der Waals surface area contributed by atoms with Crippen molar-refractivity contribution in [2.45, 2.75) is 13.5 Å². The van der Waals surface area contributed by atoms with Crippen LogP contribution in [-0.4, -0.2) is 85.0 Å². The number of anilines is 1. The molecule has 32 heavy (non-hydrogen) atoms. The summed E-state index contributed by atoms with van der Waals surface area (Å²) < 4.78 is 17.2. The zero-order chi connectivity index (χ0) is 23.1. The predicted molar refractivity (Wildman–Crippen MR) is 119 cm³/mol. The quantitative estimate of drug-likeness (QED) is 0.578. The van der Waals surface area contributed by atoms with E-state index in [1.807, 2.05) is 18.2 Å². The third kappa shape index (κ3) is 5.77. The number of benzene rings is 1. The van der Waals surface area contributed by atoms with Crippen LogP contribution in [0.1, 0.15) is 22.8 Å². The fourth-order valence-electron chi connectivity index (χ4n) is 3.66. The molecule has 0 radical (unpaired) electrons. The minimum Gasteiger partial charge on any atom is -0.493 e. The van der Waals surface area contributed by atoms with Crippen molar-refractivity contribution in [1.82, 2.24) is 19.6 Å². The first-order chi connectivity index (χ1) is 15.4. The normalized spacial score (nSPS) is 14.8. The molecule has 1 saturated heterocycles. The van der Waals surface area contributed by atoms with Crippen molar-refractivity contribution in [3.63, 3.8) is 0 Å². The number of carbonyl (C=O) groups excluding carboxylic acids is 2. The fraction of sp³-hybridized carbons (Fsp3) is 0.500. The summed E-state index contributed by atoms with van der Waals surface area (Å²) in [7, 11) is 4.93. The van der Waals surface area contributed by atoms with E-state index in [1.54, 1.807) is 28.2 Å². The van der Waals surface area contributed by atoms with E-state index in [4.69, 9.17) is 14.2 Å². The largest absolute Gasteiger partial charge is 0.493 e. The molecule has 10 nitrogen and oxygen atoms in total. The first-order valence-corrected chi connectivity index (χ1v) is 10.6. The first-order valence-electron chi connectivity index (χ1n) is 10.6. The Hall–Kier alpha value is -3.11. The number of piperazine rings is 1. The Bertz CT molecular complexity index is 937. The number of hydrogen-bond acceptors (Lipinski definition) is 8. The molecule has 0 saturated carbocycles. The highest BCUT2D eigenvalue weighted by Gasteiger charge is 2.22. The second-order valence-corrected chi connectivity index (χ2v) is 7.54. The molecule has 1 aliphatic rings. The van der Waals surface area contributed by atoms with Crippen LogP contribution in [0.2, 0.25) is 0 Å². The third-order valence-electron chi connectivity index (χ3n) is 5.38. The van der Waals surface area contributed by atoms with Crippen molar-refractivity contribution in [1.29, 1.82) is 0 Å². The van der Waals surface area contributed by atoms with Gasteiger partial charge in [-0.3, -0.25) is 19.3 Å². The number of aromatic nitrogens is 2. The van der Waals surface area contributed by atoms with E-state index in [2.05, 4.69) is 20.2 Å². The monoisotopic (exact) mass is 445 g/mol. The number of carbonyl (C=O) groups is 2. The second-order valence-electron chi connectivity index (χ2n) is 7.54. The van der Waals surface area contributed by atoms with Gasteiger partial charge >= 0.3 is 5.97 Å². The highest BCUT2D eigenvalue weighted by molar-refractivity contribution is 6.00. The Morgan fingerprint density at radius 3 is 2.41 bits per heavy atom. The third-order valence-corrected chi connectivity index (χ3v) is 5.38. The summed E-state index contributed by atoms with van der Waals surface area (Å²) in [5.74, 6) is 1.09. The minimum absolute atomic E-state index is 0.188. The van der Waals surface area contributed by atoms with Gasteiger partial charge in [0.15, 0.2) is 11.5 Å². The van der Waals surface area contributed by atoms with E-state index in [9.17, 15) is 9.59 Å². The lowest BCUT2D eigenvalue weighted by Gasteiger charge is -2.34. The van der Waals surface area contributed by atoms with Crippen molar-refractivity contribution in [2.24, 2.45) is 7.05 Å². The van der Waals surface area contributed by atoms with Crippen molar-refractivity contribution in [3.8, 4) is 11.5 Å². The maximum absolute atomic E-state index is 12.6. The summed E-state index contributed by atoms with van der Waals surface area (Å²) in [5, 5.41) is 6.86. The molecule has 1 aromatic heterocycles. The number of nitrogens with one attached hydrogen (secondary N) is 1. The van der Waals surface area contributed by atoms with E-state index < -0.39 is 5.97 Å². The average molecular weight is 446 g/mol. The summed E-state index contributed by atoms with van der Waals surface area (Å²) >= 11 is 0. The zero-order valence-electron chi connectivity index (χ0n) is 19.1. The van der Waals surface area contributed by atoms with Crippen LogP contribution in [0.3, 0.4) is 0 Å². The lowest BCUT2D eigenvalue weighted by molar-refractivity contribution is -0.117. The molecule has 1 amide bonds.